The van der Waals surface area contributed by atoms with Crippen LogP contribution in [0, 0.1) is 11.8 Å². The Morgan fingerprint density at radius 2 is 1.77 bits per heavy atom. The smallest absolute Gasteiger partial charge is 0.164 e. The molecule has 0 saturated heterocycles. The molecule has 0 amide bonds. The molecule has 1 aromatic rings. The van der Waals surface area contributed by atoms with Gasteiger partial charge in [-0.1, -0.05) is 27.7 Å². The third-order valence-electron chi connectivity index (χ3n) is 2.49. The van der Waals surface area contributed by atoms with Gasteiger partial charge in [0.25, 0.3) is 0 Å². The van der Waals surface area contributed by atoms with Gasteiger partial charge >= 0.3 is 0 Å². The Hall–Kier alpha value is -0.900. The number of nitrogens with zero attached hydrogens (tertiary/aromatic N) is 3. The van der Waals surface area contributed by atoms with E-state index in [4.69, 9.17) is 0 Å². The number of aromatic nitrogens is 3. The highest BCUT2D eigenvalue weighted by molar-refractivity contribution is 4.81. The Bertz CT molecular complexity index is 246. The molecule has 13 heavy (non-hydrogen) atoms. The molecule has 0 bridgehead atoms. The summed E-state index contributed by atoms with van der Waals surface area (Å²) in [6, 6.07) is 0. The fourth-order valence-corrected chi connectivity index (χ4v) is 1.59. The second-order valence-corrected chi connectivity index (χ2v) is 3.93. The third kappa shape index (κ3) is 1.58. The lowest BCUT2D eigenvalue weighted by Crippen LogP contribution is -2.44. The van der Waals surface area contributed by atoms with Crippen LogP contribution in [0.25, 0.3) is 0 Å². The maximum absolute atomic E-state index is 10.4. The predicted octanol–water partition coefficient (Wildman–Crippen LogP) is 1.24. The fraction of sp³-hybridized carbons (Fsp3) is 0.778. The highest BCUT2D eigenvalue weighted by Gasteiger charge is 2.37. The first-order valence-electron chi connectivity index (χ1n) is 4.57. The Balaban J connectivity index is 3.06. The Morgan fingerprint density at radius 1 is 1.23 bits per heavy atom. The number of rotatable bonds is 3. The minimum Gasteiger partial charge on any atom is -0.369 e. The summed E-state index contributed by atoms with van der Waals surface area (Å²) in [6.45, 7) is 7.90. The minimum atomic E-state index is -0.934. The van der Waals surface area contributed by atoms with Crippen molar-refractivity contribution < 1.29 is 5.11 Å². The van der Waals surface area contributed by atoms with Crippen LogP contribution in [0.2, 0.25) is 0 Å². The lowest BCUT2D eigenvalue weighted by molar-refractivity contribution is -0.129. The zero-order valence-electron chi connectivity index (χ0n) is 8.60. The average molecular weight is 183 g/mol. The van der Waals surface area contributed by atoms with Gasteiger partial charge in [-0.05, 0) is 0 Å². The molecule has 0 aliphatic carbocycles. The molecular weight excluding hydrogens is 166 g/mol. The van der Waals surface area contributed by atoms with Gasteiger partial charge in [-0.15, -0.1) is 0 Å². The van der Waals surface area contributed by atoms with Crippen LogP contribution < -0.4 is 0 Å². The second kappa shape index (κ2) is 3.46. The molecule has 74 valence electrons. The molecule has 0 fully saturated rings. The summed E-state index contributed by atoms with van der Waals surface area (Å²) in [5.41, 5.74) is -0.934. The van der Waals surface area contributed by atoms with E-state index in [0.717, 1.165) is 0 Å². The molecule has 0 aliphatic rings. The van der Waals surface area contributed by atoms with Crippen LogP contribution in [0.1, 0.15) is 27.7 Å². The molecule has 0 radical (unpaired) electrons. The maximum Gasteiger partial charge on any atom is 0.164 e. The first-order chi connectivity index (χ1) is 5.99. The number of hydrogen-bond acceptors (Lipinski definition) is 3. The molecule has 1 rings (SSSR count). The van der Waals surface area contributed by atoms with Crippen LogP contribution in [0.15, 0.2) is 12.7 Å². The molecule has 0 aromatic carbocycles. The lowest BCUT2D eigenvalue weighted by atomic mass is 9.89. The van der Waals surface area contributed by atoms with Crippen LogP contribution in [-0.4, -0.2) is 19.9 Å². The van der Waals surface area contributed by atoms with E-state index in [-0.39, 0.29) is 11.8 Å². The van der Waals surface area contributed by atoms with Crippen LogP contribution >= 0.6 is 0 Å². The first kappa shape index (κ1) is 10.2. The molecule has 0 unspecified atom stereocenters. The van der Waals surface area contributed by atoms with Gasteiger partial charge in [-0.2, -0.15) is 5.10 Å². The number of hydrogen-bond donors (Lipinski definition) is 1. The zero-order chi connectivity index (χ0) is 10.1. The third-order valence-corrected chi connectivity index (χ3v) is 2.49. The van der Waals surface area contributed by atoms with Gasteiger partial charge in [-0.3, -0.25) is 0 Å². The molecule has 0 spiro atoms. The quantitative estimate of drug-likeness (QED) is 0.767. The monoisotopic (exact) mass is 183 g/mol. The summed E-state index contributed by atoms with van der Waals surface area (Å²) < 4.78 is 1.53. The van der Waals surface area contributed by atoms with E-state index in [0.29, 0.717) is 0 Å². The van der Waals surface area contributed by atoms with Crippen molar-refractivity contribution in [1.82, 2.24) is 14.8 Å². The Morgan fingerprint density at radius 3 is 2.08 bits per heavy atom. The molecule has 1 heterocycles. The van der Waals surface area contributed by atoms with Crippen molar-refractivity contribution in [3.05, 3.63) is 12.7 Å². The van der Waals surface area contributed by atoms with Crippen molar-refractivity contribution in [3.8, 4) is 0 Å². The van der Waals surface area contributed by atoms with Crippen molar-refractivity contribution in [3.63, 3.8) is 0 Å². The second-order valence-electron chi connectivity index (χ2n) is 3.93. The van der Waals surface area contributed by atoms with E-state index in [9.17, 15) is 5.11 Å². The summed E-state index contributed by atoms with van der Waals surface area (Å²) in [7, 11) is 0. The van der Waals surface area contributed by atoms with Gasteiger partial charge in [0, 0.05) is 11.8 Å². The molecular formula is C9H17N3O. The molecule has 0 saturated carbocycles. The van der Waals surface area contributed by atoms with Crippen molar-refractivity contribution in [2.45, 2.75) is 33.4 Å². The summed E-state index contributed by atoms with van der Waals surface area (Å²) in [5, 5.41) is 14.4. The summed E-state index contributed by atoms with van der Waals surface area (Å²) in [4.78, 5) is 3.84. The van der Waals surface area contributed by atoms with Gasteiger partial charge < -0.3 is 5.11 Å². The molecule has 1 N–H and O–H groups in total. The Labute approximate surface area is 78.6 Å². The summed E-state index contributed by atoms with van der Waals surface area (Å²) >= 11 is 0. The SMILES string of the molecule is CC(C)C(O)(C(C)C)n1cncn1. The molecule has 0 atom stereocenters. The Kier molecular flexibility index (Phi) is 2.71. The zero-order valence-corrected chi connectivity index (χ0v) is 8.60. The minimum absolute atomic E-state index is 0.106. The largest absolute Gasteiger partial charge is 0.369 e. The van der Waals surface area contributed by atoms with Gasteiger partial charge in [0.1, 0.15) is 12.7 Å². The van der Waals surface area contributed by atoms with E-state index >= 15 is 0 Å². The molecule has 4 heteroatoms. The van der Waals surface area contributed by atoms with E-state index in [1.54, 1.807) is 6.33 Å². The van der Waals surface area contributed by atoms with Gasteiger partial charge in [0.15, 0.2) is 5.72 Å². The van der Waals surface area contributed by atoms with Gasteiger partial charge in [-0.25, -0.2) is 9.67 Å². The highest BCUT2D eigenvalue weighted by Crippen LogP contribution is 2.29. The molecule has 0 aliphatic heterocycles. The standard InChI is InChI=1S/C9H17N3O/c1-7(2)9(13,8(3)4)12-6-10-5-11-12/h5-8,13H,1-4H3. The van der Waals surface area contributed by atoms with E-state index in [2.05, 4.69) is 10.1 Å². The van der Waals surface area contributed by atoms with E-state index in [1.165, 1.54) is 11.0 Å². The van der Waals surface area contributed by atoms with Gasteiger partial charge in [0.05, 0.1) is 0 Å². The van der Waals surface area contributed by atoms with Crippen LogP contribution in [0.5, 0.6) is 0 Å². The van der Waals surface area contributed by atoms with Crippen LogP contribution in [0.3, 0.4) is 0 Å². The van der Waals surface area contributed by atoms with Crippen LogP contribution in [0.4, 0.5) is 0 Å². The first-order valence-corrected chi connectivity index (χ1v) is 4.57. The summed E-state index contributed by atoms with van der Waals surface area (Å²) in [5.74, 6) is 0.211. The average Bonchev–Trinajstić information content (AvgIpc) is 2.54. The number of aliphatic hydroxyl groups is 1. The molecule has 4 nitrogen and oxygen atoms in total. The summed E-state index contributed by atoms with van der Waals surface area (Å²) in [6.07, 6.45) is 3.00. The van der Waals surface area contributed by atoms with E-state index in [1.807, 2.05) is 27.7 Å². The van der Waals surface area contributed by atoms with Gasteiger partial charge in [0.2, 0.25) is 0 Å². The topological polar surface area (TPSA) is 50.9 Å². The molecule has 1 aromatic heterocycles. The normalized spacial score (nSPS) is 12.8. The maximum atomic E-state index is 10.4. The van der Waals surface area contributed by atoms with Crippen molar-refractivity contribution in [2.75, 3.05) is 0 Å². The van der Waals surface area contributed by atoms with Crippen molar-refractivity contribution in [2.24, 2.45) is 11.8 Å². The highest BCUT2D eigenvalue weighted by atomic mass is 16.3. The van der Waals surface area contributed by atoms with E-state index < -0.39 is 5.72 Å². The fourth-order valence-electron chi connectivity index (χ4n) is 1.59. The van der Waals surface area contributed by atoms with Crippen LogP contribution in [-0.2, 0) is 5.72 Å². The van der Waals surface area contributed by atoms with Crippen molar-refractivity contribution >= 4 is 0 Å². The predicted molar refractivity (Wildman–Crippen MR) is 49.9 cm³/mol. The van der Waals surface area contributed by atoms with Crippen molar-refractivity contribution in [1.29, 1.82) is 0 Å². The lowest BCUT2D eigenvalue weighted by Gasteiger charge is -2.35.